The van der Waals surface area contributed by atoms with Crippen molar-refractivity contribution < 1.29 is 0 Å². The third-order valence-electron chi connectivity index (χ3n) is 3.46. The molecule has 0 radical (unpaired) electrons. The van der Waals surface area contributed by atoms with Crippen LogP contribution in [0, 0.1) is 0 Å². The van der Waals surface area contributed by atoms with Crippen LogP contribution >= 0.6 is 15.9 Å². The molecule has 1 aromatic heterocycles. The Morgan fingerprint density at radius 3 is 2.33 bits per heavy atom. The summed E-state index contributed by atoms with van der Waals surface area (Å²) < 4.78 is 2.94. The van der Waals surface area contributed by atoms with Crippen molar-refractivity contribution in [1.82, 2.24) is 15.2 Å². The lowest BCUT2D eigenvalue weighted by Gasteiger charge is -2.21. The summed E-state index contributed by atoms with van der Waals surface area (Å²) in [5.74, 6) is 5.81. The highest BCUT2D eigenvalue weighted by Crippen LogP contribution is 2.30. The first-order valence-corrected chi connectivity index (χ1v) is 7.71. The van der Waals surface area contributed by atoms with E-state index in [1.165, 1.54) is 0 Å². The number of nitrogens with zero attached hydrogens (tertiary/aromatic N) is 3. The van der Waals surface area contributed by atoms with Crippen LogP contribution < -0.4 is 16.2 Å². The molecule has 2 aromatic rings. The minimum absolute atomic E-state index is 0.111. The van der Waals surface area contributed by atoms with Crippen LogP contribution in [0.4, 0.5) is 5.69 Å². The van der Waals surface area contributed by atoms with Crippen molar-refractivity contribution in [2.75, 3.05) is 19.0 Å². The number of nitrogens with two attached hydrogens (primary N) is 1. The summed E-state index contributed by atoms with van der Waals surface area (Å²) >= 11 is 3.57. The van der Waals surface area contributed by atoms with Gasteiger partial charge in [-0.2, -0.15) is 5.10 Å². The molecule has 5 nitrogen and oxygen atoms in total. The van der Waals surface area contributed by atoms with Gasteiger partial charge in [0.1, 0.15) is 0 Å². The minimum Gasteiger partial charge on any atom is -0.378 e. The van der Waals surface area contributed by atoms with Crippen LogP contribution in [-0.4, -0.2) is 23.9 Å². The standard InChI is InChI=1S/C15H22BrN5/c1-10(2)21-15(13(16)9-18-21)14(19-17)11-5-7-12(8-6-11)20(3)4/h5-10,14,19H,17H2,1-4H3. The molecule has 3 N–H and O–H groups in total. The molecule has 0 fully saturated rings. The number of halogens is 1. The number of nitrogens with one attached hydrogen (secondary N) is 1. The number of rotatable bonds is 5. The zero-order chi connectivity index (χ0) is 15.6. The molecule has 0 spiro atoms. The number of hydrogen-bond donors (Lipinski definition) is 2. The zero-order valence-electron chi connectivity index (χ0n) is 12.8. The van der Waals surface area contributed by atoms with Gasteiger partial charge in [-0.05, 0) is 47.5 Å². The van der Waals surface area contributed by atoms with E-state index in [-0.39, 0.29) is 12.1 Å². The monoisotopic (exact) mass is 351 g/mol. The fourth-order valence-corrected chi connectivity index (χ4v) is 2.83. The molecule has 0 saturated heterocycles. The summed E-state index contributed by atoms with van der Waals surface area (Å²) in [5.41, 5.74) is 6.19. The Morgan fingerprint density at radius 1 is 1.24 bits per heavy atom. The van der Waals surface area contributed by atoms with Gasteiger partial charge < -0.3 is 4.90 Å². The maximum atomic E-state index is 5.81. The average molecular weight is 352 g/mol. The van der Waals surface area contributed by atoms with E-state index >= 15 is 0 Å². The predicted octanol–water partition coefficient (Wildman–Crippen LogP) is 2.85. The van der Waals surface area contributed by atoms with Crippen LogP contribution in [0.2, 0.25) is 0 Å². The largest absolute Gasteiger partial charge is 0.378 e. The molecule has 2 rings (SSSR count). The zero-order valence-corrected chi connectivity index (χ0v) is 14.4. The summed E-state index contributed by atoms with van der Waals surface area (Å²) in [5, 5.41) is 4.42. The third-order valence-corrected chi connectivity index (χ3v) is 4.07. The summed E-state index contributed by atoms with van der Waals surface area (Å²) in [6.45, 7) is 4.21. The first kappa shape index (κ1) is 16.0. The van der Waals surface area contributed by atoms with Gasteiger partial charge in [0, 0.05) is 25.8 Å². The Hall–Kier alpha value is -1.37. The Labute approximate surface area is 134 Å². The fraction of sp³-hybridized carbons (Fsp3) is 0.400. The van der Waals surface area contributed by atoms with Crippen molar-refractivity contribution >= 4 is 21.6 Å². The van der Waals surface area contributed by atoms with Gasteiger partial charge in [-0.1, -0.05) is 12.1 Å². The van der Waals surface area contributed by atoms with Crippen LogP contribution in [0.3, 0.4) is 0 Å². The molecular weight excluding hydrogens is 330 g/mol. The van der Waals surface area contributed by atoms with Gasteiger partial charge >= 0.3 is 0 Å². The van der Waals surface area contributed by atoms with Gasteiger partial charge in [-0.15, -0.1) is 0 Å². The van der Waals surface area contributed by atoms with Gasteiger partial charge in [0.05, 0.1) is 22.4 Å². The van der Waals surface area contributed by atoms with Gasteiger partial charge in [-0.25, -0.2) is 5.43 Å². The first-order valence-electron chi connectivity index (χ1n) is 6.92. The number of hydrazine groups is 1. The van der Waals surface area contributed by atoms with E-state index in [1.807, 2.05) is 25.0 Å². The Kier molecular flexibility index (Phi) is 5.03. The maximum absolute atomic E-state index is 5.81. The molecular formula is C15H22BrN5. The first-order chi connectivity index (χ1) is 9.95. The van der Waals surface area contributed by atoms with Crippen LogP contribution in [0.25, 0.3) is 0 Å². The molecule has 1 atom stereocenters. The van der Waals surface area contributed by atoms with Crippen molar-refractivity contribution in [3.8, 4) is 0 Å². The Balaban J connectivity index is 2.42. The molecule has 0 aliphatic heterocycles. The van der Waals surface area contributed by atoms with E-state index in [2.05, 4.69) is 69.5 Å². The van der Waals surface area contributed by atoms with Crippen molar-refractivity contribution in [1.29, 1.82) is 0 Å². The minimum atomic E-state index is -0.111. The molecule has 0 aliphatic rings. The average Bonchev–Trinajstić information content (AvgIpc) is 2.83. The van der Waals surface area contributed by atoms with Crippen LogP contribution in [-0.2, 0) is 0 Å². The summed E-state index contributed by atoms with van der Waals surface area (Å²) in [4.78, 5) is 2.07. The lowest BCUT2D eigenvalue weighted by Crippen LogP contribution is -2.31. The van der Waals surface area contributed by atoms with E-state index in [4.69, 9.17) is 5.84 Å². The SMILES string of the molecule is CC(C)n1ncc(Br)c1C(NN)c1ccc(N(C)C)cc1. The van der Waals surface area contributed by atoms with Gasteiger partial charge in [0.25, 0.3) is 0 Å². The number of benzene rings is 1. The molecule has 0 bridgehead atoms. The topological polar surface area (TPSA) is 59.1 Å². The molecule has 1 unspecified atom stereocenters. The number of aromatic nitrogens is 2. The molecule has 21 heavy (non-hydrogen) atoms. The Morgan fingerprint density at radius 2 is 1.86 bits per heavy atom. The van der Waals surface area contributed by atoms with Crippen molar-refractivity contribution in [2.24, 2.45) is 5.84 Å². The summed E-state index contributed by atoms with van der Waals surface area (Å²) in [7, 11) is 4.05. The highest BCUT2D eigenvalue weighted by atomic mass is 79.9. The highest BCUT2D eigenvalue weighted by molar-refractivity contribution is 9.10. The summed E-state index contributed by atoms with van der Waals surface area (Å²) in [6, 6.07) is 8.50. The molecule has 1 heterocycles. The predicted molar refractivity (Wildman–Crippen MR) is 90.2 cm³/mol. The van der Waals surface area contributed by atoms with Crippen LogP contribution in [0.1, 0.15) is 37.2 Å². The lowest BCUT2D eigenvalue weighted by atomic mass is 10.0. The van der Waals surface area contributed by atoms with Crippen molar-refractivity contribution in [3.63, 3.8) is 0 Å². The second-order valence-corrected chi connectivity index (χ2v) is 6.36. The quantitative estimate of drug-likeness (QED) is 0.642. The molecule has 1 aromatic carbocycles. The lowest BCUT2D eigenvalue weighted by molar-refractivity contribution is 0.475. The fourth-order valence-electron chi connectivity index (χ4n) is 2.33. The van der Waals surface area contributed by atoms with Crippen LogP contribution in [0.15, 0.2) is 34.9 Å². The van der Waals surface area contributed by atoms with E-state index in [0.29, 0.717) is 0 Å². The van der Waals surface area contributed by atoms with Gasteiger partial charge in [-0.3, -0.25) is 10.5 Å². The smallest absolute Gasteiger partial charge is 0.0889 e. The second kappa shape index (κ2) is 6.60. The molecule has 114 valence electrons. The third kappa shape index (κ3) is 3.28. The van der Waals surface area contributed by atoms with E-state index in [1.54, 1.807) is 0 Å². The molecule has 0 amide bonds. The number of anilines is 1. The normalized spacial score (nSPS) is 12.7. The molecule has 0 aliphatic carbocycles. The van der Waals surface area contributed by atoms with Gasteiger partial charge in [0.15, 0.2) is 0 Å². The second-order valence-electron chi connectivity index (χ2n) is 5.50. The van der Waals surface area contributed by atoms with Crippen molar-refractivity contribution in [3.05, 3.63) is 46.2 Å². The Bertz CT molecular complexity index is 589. The van der Waals surface area contributed by atoms with E-state index in [0.717, 1.165) is 21.4 Å². The summed E-state index contributed by atoms with van der Waals surface area (Å²) in [6.07, 6.45) is 1.81. The molecule has 0 saturated carbocycles. The van der Waals surface area contributed by atoms with E-state index < -0.39 is 0 Å². The van der Waals surface area contributed by atoms with Gasteiger partial charge in [0.2, 0.25) is 0 Å². The maximum Gasteiger partial charge on any atom is 0.0889 e. The number of hydrogen-bond acceptors (Lipinski definition) is 4. The molecule has 6 heteroatoms. The van der Waals surface area contributed by atoms with Crippen LogP contribution in [0.5, 0.6) is 0 Å². The van der Waals surface area contributed by atoms with Crippen molar-refractivity contribution in [2.45, 2.75) is 25.9 Å². The van der Waals surface area contributed by atoms with E-state index in [9.17, 15) is 0 Å². The highest BCUT2D eigenvalue weighted by Gasteiger charge is 2.22.